The van der Waals surface area contributed by atoms with Gasteiger partial charge in [0, 0.05) is 18.8 Å². The van der Waals surface area contributed by atoms with Crippen molar-refractivity contribution in [3.05, 3.63) is 29.3 Å². The van der Waals surface area contributed by atoms with E-state index in [2.05, 4.69) is 10.6 Å². The molecule has 0 saturated heterocycles. The number of unbranched alkanes of at least 4 members (excludes halogenated alkanes) is 2. The molecule has 0 aromatic heterocycles. The molecule has 0 unspecified atom stereocenters. The third-order valence-electron chi connectivity index (χ3n) is 3.09. The number of amides is 2. The fourth-order valence-electron chi connectivity index (χ4n) is 1.70. The predicted octanol–water partition coefficient (Wildman–Crippen LogP) is 1.52. The number of aliphatic hydroxyl groups is 1. The summed E-state index contributed by atoms with van der Waals surface area (Å²) in [4.78, 5) is 23.2. The molecule has 0 atom stereocenters. The molecule has 0 bridgehead atoms. The minimum absolute atomic E-state index is 0.154. The summed E-state index contributed by atoms with van der Waals surface area (Å²) in [5.41, 5.74) is 2.82. The Morgan fingerprint density at radius 2 is 1.80 bits per heavy atom. The van der Waals surface area contributed by atoms with Gasteiger partial charge in [-0.3, -0.25) is 9.59 Å². The number of anilines is 1. The summed E-state index contributed by atoms with van der Waals surface area (Å²) in [6.45, 7) is 4.53. The topological polar surface area (TPSA) is 78.4 Å². The summed E-state index contributed by atoms with van der Waals surface area (Å²) in [6.07, 6.45) is 2.30. The lowest BCUT2D eigenvalue weighted by Gasteiger charge is -2.08. The second kappa shape index (κ2) is 8.32. The molecule has 0 aliphatic heterocycles. The van der Waals surface area contributed by atoms with E-state index in [0.717, 1.165) is 24.0 Å². The fraction of sp³-hybridized carbons (Fsp3) is 0.467. The molecule has 1 aromatic carbocycles. The quantitative estimate of drug-likeness (QED) is 0.545. The fourth-order valence-corrected chi connectivity index (χ4v) is 1.70. The van der Waals surface area contributed by atoms with E-state index in [0.29, 0.717) is 18.7 Å². The van der Waals surface area contributed by atoms with Crippen molar-refractivity contribution in [1.82, 2.24) is 5.32 Å². The van der Waals surface area contributed by atoms with Gasteiger partial charge < -0.3 is 15.7 Å². The van der Waals surface area contributed by atoms with Crippen LogP contribution in [0.3, 0.4) is 0 Å². The van der Waals surface area contributed by atoms with Crippen LogP contribution in [0.1, 0.15) is 30.4 Å². The SMILES string of the molecule is Cc1ccc(NC(=O)C(=O)NCCCCCO)cc1C. The van der Waals surface area contributed by atoms with Crippen LogP contribution >= 0.6 is 0 Å². The van der Waals surface area contributed by atoms with Crippen molar-refractivity contribution in [3.63, 3.8) is 0 Å². The number of hydrogen-bond acceptors (Lipinski definition) is 3. The largest absolute Gasteiger partial charge is 0.396 e. The molecule has 0 radical (unpaired) electrons. The van der Waals surface area contributed by atoms with E-state index in [4.69, 9.17) is 5.11 Å². The molecule has 20 heavy (non-hydrogen) atoms. The Balaban J connectivity index is 2.37. The smallest absolute Gasteiger partial charge is 0.313 e. The Labute approximate surface area is 119 Å². The first-order chi connectivity index (χ1) is 9.54. The van der Waals surface area contributed by atoms with Gasteiger partial charge in [0.1, 0.15) is 0 Å². The molecular weight excluding hydrogens is 256 g/mol. The maximum atomic E-state index is 11.7. The molecule has 3 N–H and O–H groups in total. The maximum absolute atomic E-state index is 11.7. The van der Waals surface area contributed by atoms with Crippen molar-refractivity contribution in [1.29, 1.82) is 0 Å². The normalized spacial score (nSPS) is 10.2. The van der Waals surface area contributed by atoms with Crippen LogP contribution in [-0.2, 0) is 9.59 Å². The van der Waals surface area contributed by atoms with Crippen LogP contribution in [0.5, 0.6) is 0 Å². The van der Waals surface area contributed by atoms with Gasteiger partial charge >= 0.3 is 11.8 Å². The molecule has 0 fully saturated rings. The minimum atomic E-state index is -0.657. The van der Waals surface area contributed by atoms with Gasteiger partial charge in [-0.15, -0.1) is 0 Å². The Kier molecular flexibility index (Phi) is 6.73. The van der Waals surface area contributed by atoms with Crippen LogP contribution in [0.2, 0.25) is 0 Å². The van der Waals surface area contributed by atoms with Crippen LogP contribution in [0, 0.1) is 13.8 Å². The average molecular weight is 278 g/mol. The Hall–Kier alpha value is -1.88. The minimum Gasteiger partial charge on any atom is -0.396 e. The summed E-state index contributed by atoms with van der Waals surface area (Å²) in [7, 11) is 0. The molecule has 0 aliphatic carbocycles. The third kappa shape index (κ3) is 5.40. The van der Waals surface area contributed by atoms with Gasteiger partial charge in [-0.05, 0) is 56.4 Å². The van der Waals surface area contributed by atoms with E-state index in [1.807, 2.05) is 26.0 Å². The van der Waals surface area contributed by atoms with Gasteiger partial charge in [-0.2, -0.15) is 0 Å². The second-order valence-electron chi connectivity index (χ2n) is 4.79. The molecule has 5 nitrogen and oxygen atoms in total. The van der Waals surface area contributed by atoms with Gasteiger partial charge in [0.15, 0.2) is 0 Å². The Morgan fingerprint density at radius 1 is 1.05 bits per heavy atom. The van der Waals surface area contributed by atoms with Crippen molar-refractivity contribution in [2.45, 2.75) is 33.1 Å². The van der Waals surface area contributed by atoms with Gasteiger partial charge in [0.25, 0.3) is 0 Å². The first-order valence-corrected chi connectivity index (χ1v) is 6.82. The number of rotatable bonds is 6. The lowest BCUT2D eigenvalue weighted by Crippen LogP contribution is -2.35. The summed E-state index contributed by atoms with van der Waals surface area (Å²) in [6, 6.07) is 5.51. The molecule has 0 saturated carbocycles. The van der Waals surface area contributed by atoms with Crippen molar-refractivity contribution in [2.24, 2.45) is 0 Å². The van der Waals surface area contributed by atoms with Gasteiger partial charge in [-0.25, -0.2) is 0 Å². The predicted molar refractivity (Wildman–Crippen MR) is 78.5 cm³/mol. The lowest BCUT2D eigenvalue weighted by atomic mass is 10.1. The van der Waals surface area contributed by atoms with E-state index in [9.17, 15) is 9.59 Å². The van der Waals surface area contributed by atoms with Crippen LogP contribution in [0.4, 0.5) is 5.69 Å². The molecular formula is C15H22N2O3. The van der Waals surface area contributed by atoms with E-state index in [1.54, 1.807) is 6.07 Å². The number of benzene rings is 1. The van der Waals surface area contributed by atoms with Gasteiger partial charge in [-0.1, -0.05) is 6.07 Å². The zero-order valence-electron chi connectivity index (χ0n) is 12.0. The van der Waals surface area contributed by atoms with Gasteiger partial charge in [0.2, 0.25) is 0 Å². The number of aryl methyl sites for hydroxylation is 2. The van der Waals surface area contributed by atoms with E-state index in [-0.39, 0.29) is 6.61 Å². The molecule has 1 rings (SSSR count). The molecule has 110 valence electrons. The number of aliphatic hydroxyl groups excluding tert-OH is 1. The van der Waals surface area contributed by atoms with Crippen molar-refractivity contribution in [3.8, 4) is 0 Å². The number of carbonyl (C=O) groups excluding carboxylic acids is 2. The molecule has 0 heterocycles. The van der Waals surface area contributed by atoms with Crippen LogP contribution in [0.25, 0.3) is 0 Å². The zero-order valence-corrected chi connectivity index (χ0v) is 12.0. The highest BCUT2D eigenvalue weighted by atomic mass is 16.3. The number of hydrogen-bond donors (Lipinski definition) is 3. The number of nitrogens with one attached hydrogen (secondary N) is 2. The summed E-state index contributed by atoms with van der Waals surface area (Å²) >= 11 is 0. The van der Waals surface area contributed by atoms with Crippen LogP contribution in [0.15, 0.2) is 18.2 Å². The van der Waals surface area contributed by atoms with Crippen LogP contribution in [-0.4, -0.2) is 30.1 Å². The first-order valence-electron chi connectivity index (χ1n) is 6.82. The Bertz CT molecular complexity index is 472. The van der Waals surface area contributed by atoms with Gasteiger partial charge in [0.05, 0.1) is 0 Å². The summed E-state index contributed by atoms with van der Waals surface area (Å²) < 4.78 is 0. The van der Waals surface area contributed by atoms with E-state index >= 15 is 0 Å². The average Bonchev–Trinajstić information content (AvgIpc) is 2.42. The molecule has 2 amide bonds. The molecule has 0 spiro atoms. The van der Waals surface area contributed by atoms with E-state index in [1.165, 1.54) is 0 Å². The highest BCUT2D eigenvalue weighted by Gasteiger charge is 2.12. The van der Waals surface area contributed by atoms with Crippen molar-refractivity contribution < 1.29 is 14.7 Å². The summed E-state index contributed by atoms with van der Waals surface area (Å²) in [5.74, 6) is -1.29. The lowest BCUT2D eigenvalue weighted by molar-refractivity contribution is -0.136. The van der Waals surface area contributed by atoms with Crippen LogP contribution < -0.4 is 10.6 Å². The monoisotopic (exact) mass is 278 g/mol. The number of carbonyl (C=O) groups is 2. The van der Waals surface area contributed by atoms with Crippen molar-refractivity contribution >= 4 is 17.5 Å². The summed E-state index contributed by atoms with van der Waals surface area (Å²) in [5, 5.41) is 13.7. The highest BCUT2D eigenvalue weighted by molar-refractivity contribution is 6.39. The van der Waals surface area contributed by atoms with Crippen molar-refractivity contribution in [2.75, 3.05) is 18.5 Å². The standard InChI is InChI=1S/C15H22N2O3/c1-11-6-7-13(10-12(11)2)17-15(20)14(19)16-8-4-3-5-9-18/h6-7,10,18H,3-5,8-9H2,1-2H3,(H,16,19)(H,17,20). The highest BCUT2D eigenvalue weighted by Crippen LogP contribution is 2.13. The second-order valence-corrected chi connectivity index (χ2v) is 4.79. The van der Waals surface area contributed by atoms with E-state index < -0.39 is 11.8 Å². The molecule has 1 aromatic rings. The molecule has 5 heteroatoms. The Morgan fingerprint density at radius 3 is 2.45 bits per heavy atom. The first kappa shape index (κ1) is 16.2. The third-order valence-corrected chi connectivity index (χ3v) is 3.09. The maximum Gasteiger partial charge on any atom is 0.313 e. The molecule has 0 aliphatic rings. The zero-order chi connectivity index (χ0) is 15.0.